The highest BCUT2D eigenvalue weighted by Crippen LogP contribution is 2.07. The molecule has 0 aliphatic carbocycles. The maximum Gasteiger partial charge on any atom is 0.119 e. The summed E-state index contributed by atoms with van der Waals surface area (Å²) in [5.74, 6) is 6.73. The fraction of sp³-hybridized carbons (Fsp3) is 0.333. The van der Waals surface area contributed by atoms with Gasteiger partial charge in [0.15, 0.2) is 0 Å². The predicted molar refractivity (Wildman–Crippen MR) is 53.5 cm³/mol. The lowest BCUT2D eigenvalue weighted by atomic mass is 10.3. The average molecular weight is 173 g/mol. The lowest BCUT2D eigenvalue weighted by Gasteiger charge is -2.02. The number of benzene rings is 1. The third-order valence-electron chi connectivity index (χ3n) is 1.57. The summed E-state index contributed by atoms with van der Waals surface area (Å²) in [7, 11) is 0. The van der Waals surface area contributed by atoms with Crippen molar-refractivity contribution in [2.45, 2.75) is 19.8 Å². The topological polar surface area (TPSA) is 9.23 Å². The Labute approximate surface area is 79.7 Å². The van der Waals surface area contributed by atoms with Crippen molar-refractivity contribution in [1.82, 2.24) is 0 Å². The number of ether oxygens (including phenoxy) is 1. The van der Waals surface area contributed by atoms with E-state index in [1.54, 1.807) is 0 Å². The van der Waals surface area contributed by atoms with Crippen LogP contribution in [0.4, 0.5) is 0 Å². The second-order valence-corrected chi connectivity index (χ2v) is 2.62. The van der Waals surface area contributed by atoms with Gasteiger partial charge in [0.2, 0.25) is 0 Å². The molecule has 0 aliphatic rings. The summed E-state index contributed by atoms with van der Waals surface area (Å²) in [6.07, 6.45) is 1.89. The van der Waals surface area contributed by atoms with Gasteiger partial charge < -0.3 is 4.74 Å². The molecule has 1 heteroatoms. The van der Waals surface area contributed by atoms with Gasteiger partial charge in [0.25, 0.3) is 0 Å². The standard InChI is InChI=1S/C12H13O/c1-2-3-4-8-11-13-12-9-6-5-7-10-12/h5-6,9-10H,4,8,11H2,1H3. The molecule has 1 rings (SSSR count). The van der Waals surface area contributed by atoms with Crippen LogP contribution < -0.4 is 4.74 Å². The molecule has 67 valence electrons. The third kappa shape index (κ3) is 4.22. The first-order chi connectivity index (χ1) is 6.43. The molecule has 0 unspecified atom stereocenters. The van der Waals surface area contributed by atoms with Gasteiger partial charge in [-0.3, -0.25) is 0 Å². The summed E-state index contributed by atoms with van der Waals surface area (Å²) in [5.41, 5.74) is 0. The van der Waals surface area contributed by atoms with Gasteiger partial charge in [-0.15, -0.1) is 11.8 Å². The average Bonchev–Trinajstić information content (AvgIpc) is 2.19. The number of unbranched alkanes of at least 4 members (excludes halogenated alkanes) is 1. The fourth-order valence-electron chi connectivity index (χ4n) is 0.942. The second kappa shape index (κ2) is 6.14. The van der Waals surface area contributed by atoms with Crippen molar-refractivity contribution in [3.63, 3.8) is 0 Å². The first kappa shape index (κ1) is 9.67. The van der Waals surface area contributed by atoms with Crippen LogP contribution in [-0.4, -0.2) is 6.61 Å². The predicted octanol–water partition coefficient (Wildman–Crippen LogP) is 2.67. The SMILES string of the molecule is CC#CCCCOc1c[c]ccc1. The molecule has 0 saturated heterocycles. The van der Waals surface area contributed by atoms with Gasteiger partial charge in [0.1, 0.15) is 5.75 Å². The van der Waals surface area contributed by atoms with Gasteiger partial charge in [0, 0.05) is 6.42 Å². The first-order valence-electron chi connectivity index (χ1n) is 4.42. The quantitative estimate of drug-likeness (QED) is 0.502. The Morgan fingerprint density at radius 1 is 1.54 bits per heavy atom. The maximum atomic E-state index is 5.45. The summed E-state index contributed by atoms with van der Waals surface area (Å²) >= 11 is 0. The van der Waals surface area contributed by atoms with E-state index in [1.807, 2.05) is 31.2 Å². The van der Waals surface area contributed by atoms with E-state index in [9.17, 15) is 0 Å². The summed E-state index contributed by atoms with van der Waals surface area (Å²) < 4.78 is 5.45. The molecule has 0 aromatic heterocycles. The van der Waals surface area contributed by atoms with Gasteiger partial charge in [-0.1, -0.05) is 12.1 Å². The molecule has 0 amide bonds. The fourth-order valence-corrected chi connectivity index (χ4v) is 0.942. The molecule has 0 saturated carbocycles. The van der Waals surface area contributed by atoms with Crippen molar-refractivity contribution in [1.29, 1.82) is 0 Å². The van der Waals surface area contributed by atoms with Crippen molar-refractivity contribution < 1.29 is 4.74 Å². The Hall–Kier alpha value is -1.42. The van der Waals surface area contributed by atoms with Crippen molar-refractivity contribution >= 4 is 0 Å². The minimum Gasteiger partial charge on any atom is -0.494 e. The van der Waals surface area contributed by atoms with Gasteiger partial charge in [-0.25, -0.2) is 0 Å². The second-order valence-electron chi connectivity index (χ2n) is 2.62. The van der Waals surface area contributed by atoms with E-state index in [0.29, 0.717) is 0 Å². The minimum atomic E-state index is 0.729. The normalized spacial score (nSPS) is 8.69. The molecule has 0 fully saturated rings. The van der Waals surface area contributed by atoms with E-state index in [1.165, 1.54) is 0 Å². The number of hydrogen-bond acceptors (Lipinski definition) is 1. The van der Waals surface area contributed by atoms with Crippen LogP contribution in [0.3, 0.4) is 0 Å². The zero-order chi connectivity index (χ0) is 9.36. The van der Waals surface area contributed by atoms with Crippen LogP contribution in [0.1, 0.15) is 19.8 Å². The molecular formula is C12H13O. The Morgan fingerprint density at radius 3 is 3.15 bits per heavy atom. The molecule has 1 aromatic rings. The molecule has 1 aromatic carbocycles. The molecule has 0 bridgehead atoms. The third-order valence-corrected chi connectivity index (χ3v) is 1.57. The molecule has 13 heavy (non-hydrogen) atoms. The van der Waals surface area contributed by atoms with Crippen LogP contribution in [0.15, 0.2) is 24.3 Å². The highest BCUT2D eigenvalue weighted by atomic mass is 16.5. The molecule has 1 radical (unpaired) electrons. The van der Waals surface area contributed by atoms with Crippen LogP contribution in [0.5, 0.6) is 5.75 Å². The molecular weight excluding hydrogens is 160 g/mol. The Kier molecular flexibility index (Phi) is 4.56. The highest BCUT2D eigenvalue weighted by Gasteiger charge is 1.89. The van der Waals surface area contributed by atoms with Gasteiger partial charge in [-0.2, -0.15) is 0 Å². The summed E-state index contributed by atoms with van der Waals surface area (Å²) in [6, 6.07) is 10.5. The zero-order valence-electron chi connectivity index (χ0n) is 7.84. The van der Waals surface area contributed by atoms with E-state index in [4.69, 9.17) is 4.74 Å². The van der Waals surface area contributed by atoms with Crippen molar-refractivity contribution in [2.24, 2.45) is 0 Å². The Bertz CT molecular complexity index is 279. The molecule has 0 N–H and O–H groups in total. The number of hydrogen-bond donors (Lipinski definition) is 0. The molecule has 1 nitrogen and oxygen atoms in total. The summed E-state index contributed by atoms with van der Waals surface area (Å²) in [5, 5.41) is 0. The largest absolute Gasteiger partial charge is 0.494 e. The number of rotatable bonds is 4. The molecule has 0 spiro atoms. The monoisotopic (exact) mass is 173 g/mol. The van der Waals surface area contributed by atoms with Crippen LogP contribution in [0.2, 0.25) is 0 Å². The van der Waals surface area contributed by atoms with E-state index in [0.717, 1.165) is 25.2 Å². The van der Waals surface area contributed by atoms with Crippen molar-refractivity contribution in [3.05, 3.63) is 30.3 Å². The molecule has 0 heterocycles. The maximum absolute atomic E-state index is 5.45. The highest BCUT2D eigenvalue weighted by molar-refractivity contribution is 5.19. The Morgan fingerprint density at radius 2 is 2.46 bits per heavy atom. The molecule has 0 atom stereocenters. The van der Waals surface area contributed by atoms with Crippen LogP contribution in [0, 0.1) is 17.9 Å². The Balaban J connectivity index is 2.16. The van der Waals surface area contributed by atoms with E-state index in [2.05, 4.69) is 17.9 Å². The van der Waals surface area contributed by atoms with Crippen LogP contribution in [0.25, 0.3) is 0 Å². The van der Waals surface area contributed by atoms with Crippen molar-refractivity contribution in [2.75, 3.05) is 6.61 Å². The lowest BCUT2D eigenvalue weighted by molar-refractivity contribution is 0.313. The minimum absolute atomic E-state index is 0.729. The smallest absolute Gasteiger partial charge is 0.119 e. The summed E-state index contributed by atoms with van der Waals surface area (Å²) in [4.78, 5) is 0. The molecule has 0 aliphatic heterocycles. The zero-order valence-corrected chi connectivity index (χ0v) is 7.84. The van der Waals surface area contributed by atoms with E-state index >= 15 is 0 Å². The van der Waals surface area contributed by atoms with Crippen LogP contribution in [-0.2, 0) is 0 Å². The van der Waals surface area contributed by atoms with Gasteiger partial charge in [0.05, 0.1) is 6.61 Å². The van der Waals surface area contributed by atoms with Crippen LogP contribution >= 0.6 is 0 Å². The first-order valence-corrected chi connectivity index (χ1v) is 4.42. The summed E-state index contributed by atoms with van der Waals surface area (Å²) in [6.45, 7) is 2.58. The van der Waals surface area contributed by atoms with Gasteiger partial charge in [-0.05, 0) is 31.5 Å². The van der Waals surface area contributed by atoms with E-state index in [-0.39, 0.29) is 0 Å². The lowest BCUT2D eigenvalue weighted by Crippen LogP contribution is -1.95. The van der Waals surface area contributed by atoms with Crippen molar-refractivity contribution in [3.8, 4) is 17.6 Å². The van der Waals surface area contributed by atoms with E-state index < -0.39 is 0 Å². The van der Waals surface area contributed by atoms with Gasteiger partial charge >= 0.3 is 0 Å².